The summed E-state index contributed by atoms with van der Waals surface area (Å²) >= 11 is 0. The van der Waals surface area contributed by atoms with Crippen molar-refractivity contribution in [1.82, 2.24) is 25.1 Å². The summed E-state index contributed by atoms with van der Waals surface area (Å²) in [4.78, 5) is 4.48. The first-order valence-corrected chi connectivity index (χ1v) is 6.46. The molecule has 96 valence electrons. The number of nitrogens with zero attached hydrogens (tertiary/aromatic N) is 5. The van der Waals surface area contributed by atoms with Crippen molar-refractivity contribution in [3.63, 3.8) is 0 Å². The first-order chi connectivity index (χ1) is 8.75. The Balaban J connectivity index is 1.87. The summed E-state index contributed by atoms with van der Waals surface area (Å²) in [6.45, 7) is 1.94. The van der Waals surface area contributed by atoms with E-state index in [0.717, 1.165) is 11.5 Å². The minimum atomic E-state index is 0.452. The molecule has 0 saturated heterocycles. The summed E-state index contributed by atoms with van der Waals surface area (Å²) in [6.07, 6.45) is 6.18. The zero-order valence-corrected chi connectivity index (χ0v) is 10.8. The lowest BCUT2D eigenvalue weighted by Crippen LogP contribution is -2.06. The Bertz CT molecular complexity index is 538. The van der Waals surface area contributed by atoms with Crippen molar-refractivity contribution in [2.24, 2.45) is 7.05 Å². The van der Waals surface area contributed by atoms with Crippen LogP contribution in [0.2, 0.25) is 0 Å². The molecule has 1 fully saturated rings. The average Bonchev–Trinajstić information content (AvgIpc) is 3.00. The predicted octanol–water partition coefficient (Wildman–Crippen LogP) is 2.22. The van der Waals surface area contributed by atoms with Crippen LogP contribution in [-0.4, -0.2) is 25.1 Å². The van der Waals surface area contributed by atoms with Gasteiger partial charge in [0.05, 0.1) is 5.69 Å². The molecule has 0 N–H and O–H groups in total. The van der Waals surface area contributed by atoms with E-state index in [-0.39, 0.29) is 0 Å². The molecule has 0 spiro atoms. The number of hydrogen-bond acceptors (Lipinski definition) is 5. The lowest BCUT2D eigenvalue weighted by atomic mass is 9.89. The van der Waals surface area contributed by atoms with Gasteiger partial charge >= 0.3 is 0 Å². The van der Waals surface area contributed by atoms with Crippen molar-refractivity contribution in [2.45, 2.75) is 44.9 Å². The minimum Gasteiger partial charge on any atom is -0.332 e. The van der Waals surface area contributed by atoms with Crippen LogP contribution in [0.25, 0.3) is 11.6 Å². The predicted molar refractivity (Wildman–Crippen MR) is 64.9 cm³/mol. The molecule has 0 amide bonds. The molecule has 0 atom stereocenters. The third-order valence-corrected chi connectivity index (χ3v) is 3.72. The Hall–Kier alpha value is -1.72. The summed E-state index contributed by atoms with van der Waals surface area (Å²) in [5.41, 5.74) is 1.63. The van der Waals surface area contributed by atoms with Crippen LogP contribution in [0.5, 0.6) is 0 Å². The highest BCUT2D eigenvalue weighted by atomic mass is 16.5. The highest BCUT2D eigenvalue weighted by Gasteiger charge is 2.23. The SMILES string of the molecule is Cc1c(-c2nc(C3CCCCC3)no2)nnn1C. The highest BCUT2D eigenvalue weighted by Crippen LogP contribution is 2.31. The molecule has 0 aromatic carbocycles. The fourth-order valence-electron chi connectivity index (χ4n) is 2.46. The Morgan fingerprint density at radius 1 is 1.22 bits per heavy atom. The molecule has 0 aliphatic heterocycles. The average molecular weight is 247 g/mol. The van der Waals surface area contributed by atoms with Crippen LogP contribution in [0.15, 0.2) is 4.52 Å². The number of aromatic nitrogens is 5. The van der Waals surface area contributed by atoms with E-state index >= 15 is 0 Å². The van der Waals surface area contributed by atoms with Gasteiger partial charge in [-0.05, 0) is 19.8 Å². The summed E-state index contributed by atoms with van der Waals surface area (Å²) in [7, 11) is 1.85. The minimum absolute atomic E-state index is 0.452. The second-order valence-electron chi connectivity index (χ2n) is 4.94. The summed E-state index contributed by atoms with van der Waals surface area (Å²) in [5, 5.41) is 12.1. The number of rotatable bonds is 2. The van der Waals surface area contributed by atoms with E-state index in [0.29, 0.717) is 17.5 Å². The van der Waals surface area contributed by atoms with E-state index in [4.69, 9.17) is 4.52 Å². The normalized spacial score (nSPS) is 17.2. The van der Waals surface area contributed by atoms with Gasteiger partial charge in [0.1, 0.15) is 0 Å². The fourth-order valence-corrected chi connectivity index (χ4v) is 2.46. The molecule has 0 bridgehead atoms. The topological polar surface area (TPSA) is 69.6 Å². The number of aryl methyl sites for hydroxylation is 1. The Morgan fingerprint density at radius 3 is 2.67 bits per heavy atom. The molecule has 6 heteroatoms. The second-order valence-corrected chi connectivity index (χ2v) is 4.94. The molecule has 2 aromatic heterocycles. The van der Waals surface area contributed by atoms with Crippen LogP contribution in [-0.2, 0) is 7.05 Å². The van der Waals surface area contributed by atoms with Gasteiger partial charge in [0.15, 0.2) is 11.5 Å². The molecule has 0 radical (unpaired) electrons. The quantitative estimate of drug-likeness (QED) is 0.813. The first kappa shape index (κ1) is 11.4. The largest absolute Gasteiger partial charge is 0.332 e. The number of hydrogen-bond donors (Lipinski definition) is 0. The van der Waals surface area contributed by atoms with E-state index in [9.17, 15) is 0 Å². The molecule has 6 nitrogen and oxygen atoms in total. The van der Waals surface area contributed by atoms with Gasteiger partial charge in [-0.25, -0.2) is 0 Å². The van der Waals surface area contributed by atoms with Crippen molar-refractivity contribution >= 4 is 0 Å². The van der Waals surface area contributed by atoms with Crippen LogP contribution in [0.3, 0.4) is 0 Å². The molecular formula is C12H17N5O. The molecule has 2 aromatic rings. The van der Waals surface area contributed by atoms with Crippen molar-refractivity contribution in [3.05, 3.63) is 11.5 Å². The van der Waals surface area contributed by atoms with Crippen molar-refractivity contribution in [2.75, 3.05) is 0 Å². The standard InChI is InChI=1S/C12H17N5O/c1-8-10(14-16-17(8)2)12-13-11(15-18-12)9-6-4-3-5-7-9/h9H,3-7H2,1-2H3. The molecule has 2 heterocycles. The molecule has 1 saturated carbocycles. The Labute approximate surface area is 105 Å². The van der Waals surface area contributed by atoms with E-state index in [1.54, 1.807) is 4.68 Å². The Kier molecular flexibility index (Phi) is 2.85. The molecule has 0 unspecified atom stereocenters. The van der Waals surface area contributed by atoms with Gasteiger partial charge in [-0.3, -0.25) is 4.68 Å². The van der Waals surface area contributed by atoms with Gasteiger partial charge in [0, 0.05) is 13.0 Å². The third-order valence-electron chi connectivity index (χ3n) is 3.72. The van der Waals surface area contributed by atoms with E-state index in [2.05, 4.69) is 20.5 Å². The second kappa shape index (κ2) is 4.51. The first-order valence-electron chi connectivity index (χ1n) is 6.46. The maximum Gasteiger partial charge on any atom is 0.280 e. The monoisotopic (exact) mass is 247 g/mol. The lowest BCUT2D eigenvalue weighted by molar-refractivity contribution is 0.384. The maximum absolute atomic E-state index is 5.32. The van der Waals surface area contributed by atoms with Crippen LogP contribution in [0, 0.1) is 6.92 Å². The summed E-state index contributed by atoms with van der Waals surface area (Å²) < 4.78 is 7.03. The van der Waals surface area contributed by atoms with Gasteiger partial charge in [-0.1, -0.05) is 29.6 Å². The van der Waals surface area contributed by atoms with Crippen LogP contribution < -0.4 is 0 Å². The van der Waals surface area contributed by atoms with E-state index in [1.165, 1.54) is 32.1 Å². The van der Waals surface area contributed by atoms with Gasteiger partial charge in [-0.15, -0.1) is 5.10 Å². The summed E-state index contributed by atoms with van der Waals surface area (Å²) in [5.74, 6) is 1.77. The van der Waals surface area contributed by atoms with Crippen LogP contribution in [0.4, 0.5) is 0 Å². The van der Waals surface area contributed by atoms with E-state index in [1.807, 2.05) is 14.0 Å². The van der Waals surface area contributed by atoms with Crippen LogP contribution >= 0.6 is 0 Å². The maximum atomic E-state index is 5.32. The third kappa shape index (κ3) is 1.91. The van der Waals surface area contributed by atoms with Crippen molar-refractivity contribution in [3.8, 4) is 11.6 Å². The van der Waals surface area contributed by atoms with E-state index < -0.39 is 0 Å². The molecule has 1 aliphatic rings. The van der Waals surface area contributed by atoms with Gasteiger partial charge in [0.25, 0.3) is 5.89 Å². The zero-order valence-electron chi connectivity index (χ0n) is 10.8. The molecule has 3 rings (SSSR count). The van der Waals surface area contributed by atoms with Gasteiger partial charge in [-0.2, -0.15) is 4.98 Å². The van der Waals surface area contributed by atoms with Crippen molar-refractivity contribution < 1.29 is 4.52 Å². The zero-order chi connectivity index (χ0) is 12.5. The van der Waals surface area contributed by atoms with Gasteiger partial charge < -0.3 is 4.52 Å². The molecule has 18 heavy (non-hydrogen) atoms. The molecule has 1 aliphatic carbocycles. The van der Waals surface area contributed by atoms with Gasteiger partial charge in [0.2, 0.25) is 0 Å². The highest BCUT2D eigenvalue weighted by molar-refractivity contribution is 5.48. The van der Waals surface area contributed by atoms with Crippen molar-refractivity contribution in [1.29, 1.82) is 0 Å². The fraction of sp³-hybridized carbons (Fsp3) is 0.667. The molecular weight excluding hydrogens is 230 g/mol. The lowest BCUT2D eigenvalue weighted by Gasteiger charge is -2.17. The summed E-state index contributed by atoms with van der Waals surface area (Å²) in [6, 6.07) is 0. The van der Waals surface area contributed by atoms with Crippen LogP contribution in [0.1, 0.15) is 49.5 Å². The Morgan fingerprint density at radius 2 is 2.00 bits per heavy atom. The smallest absolute Gasteiger partial charge is 0.280 e.